The molecule has 3 rings (SSSR count). The number of nitrogens with zero attached hydrogens (tertiary/aromatic N) is 2. The van der Waals surface area contributed by atoms with Crippen LogP contribution >= 0.6 is 0 Å². The summed E-state index contributed by atoms with van der Waals surface area (Å²) in [6.07, 6.45) is 2.00. The van der Waals surface area contributed by atoms with Crippen LogP contribution in [0.5, 0.6) is 5.75 Å². The lowest BCUT2D eigenvalue weighted by Crippen LogP contribution is -2.29. The molecule has 5 heteroatoms. The highest BCUT2D eigenvalue weighted by atomic mass is 16.5. The summed E-state index contributed by atoms with van der Waals surface area (Å²) in [7, 11) is 1.79. The molecule has 98 valence electrons. The maximum atomic E-state index is 11.9. The zero-order valence-corrected chi connectivity index (χ0v) is 10.7. The van der Waals surface area contributed by atoms with Crippen LogP contribution in [-0.2, 0) is 4.79 Å². The predicted molar refractivity (Wildman–Crippen MR) is 72.8 cm³/mol. The average Bonchev–Trinajstić information content (AvgIpc) is 2.74. The van der Waals surface area contributed by atoms with Gasteiger partial charge in [0.05, 0.1) is 11.2 Å². The molecule has 1 unspecified atom stereocenters. The summed E-state index contributed by atoms with van der Waals surface area (Å²) in [6.45, 7) is 0.731. The number of aromatic nitrogens is 1. The van der Waals surface area contributed by atoms with Gasteiger partial charge in [-0.3, -0.25) is 9.78 Å². The molecule has 1 saturated heterocycles. The summed E-state index contributed by atoms with van der Waals surface area (Å²) in [5.41, 5.74) is 7.21. The van der Waals surface area contributed by atoms with Crippen LogP contribution < -0.4 is 10.5 Å². The molecule has 1 atom stereocenters. The normalized spacial score (nSPS) is 19.1. The Balaban J connectivity index is 1.98. The van der Waals surface area contributed by atoms with E-state index in [1.807, 2.05) is 12.1 Å². The molecule has 0 bridgehead atoms. The Morgan fingerprint density at radius 3 is 3.00 bits per heavy atom. The van der Waals surface area contributed by atoms with E-state index in [4.69, 9.17) is 10.5 Å². The zero-order chi connectivity index (χ0) is 13.4. The van der Waals surface area contributed by atoms with Gasteiger partial charge >= 0.3 is 0 Å². The maximum absolute atomic E-state index is 11.9. The monoisotopic (exact) mass is 257 g/mol. The van der Waals surface area contributed by atoms with Crippen LogP contribution in [0.25, 0.3) is 10.9 Å². The van der Waals surface area contributed by atoms with E-state index < -0.39 is 6.10 Å². The fourth-order valence-corrected chi connectivity index (χ4v) is 2.32. The molecule has 1 fully saturated rings. The van der Waals surface area contributed by atoms with Crippen LogP contribution in [0.2, 0.25) is 0 Å². The Morgan fingerprint density at radius 1 is 1.42 bits per heavy atom. The van der Waals surface area contributed by atoms with E-state index in [1.54, 1.807) is 30.3 Å². The molecule has 1 amide bonds. The van der Waals surface area contributed by atoms with Crippen molar-refractivity contribution in [3.8, 4) is 5.75 Å². The lowest BCUT2D eigenvalue weighted by Gasteiger charge is -2.15. The van der Waals surface area contributed by atoms with E-state index in [1.165, 1.54) is 0 Å². The maximum Gasteiger partial charge on any atom is 0.263 e. The highest BCUT2D eigenvalue weighted by Gasteiger charge is 2.31. The molecule has 2 heterocycles. The molecule has 0 saturated carbocycles. The van der Waals surface area contributed by atoms with E-state index in [0.717, 1.165) is 11.9 Å². The third kappa shape index (κ3) is 1.97. The summed E-state index contributed by atoms with van der Waals surface area (Å²) < 4.78 is 5.84. The number of rotatable bonds is 2. The lowest BCUT2D eigenvalue weighted by molar-refractivity contribution is -0.132. The van der Waals surface area contributed by atoms with Crippen LogP contribution in [0.4, 0.5) is 5.69 Å². The smallest absolute Gasteiger partial charge is 0.263 e. The molecular weight excluding hydrogens is 242 g/mol. The SMILES string of the molecule is CN1CCC(Oc2ccc(N)c3ncccc23)C1=O. The van der Waals surface area contributed by atoms with Gasteiger partial charge in [0.1, 0.15) is 5.75 Å². The summed E-state index contributed by atoms with van der Waals surface area (Å²) in [6, 6.07) is 7.28. The average molecular weight is 257 g/mol. The number of carbonyl (C=O) groups is 1. The highest BCUT2D eigenvalue weighted by molar-refractivity contribution is 5.94. The second-order valence-electron chi connectivity index (χ2n) is 4.71. The Hall–Kier alpha value is -2.30. The Bertz CT molecular complexity index is 642. The molecule has 19 heavy (non-hydrogen) atoms. The summed E-state index contributed by atoms with van der Waals surface area (Å²) in [5.74, 6) is 0.680. The number of likely N-dealkylation sites (tertiary alicyclic amines) is 1. The summed E-state index contributed by atoms with van der Waals surface area (Å²) >= 11 is 0. The first-order valence-electron chi connectivity index (χ1n) is 6.21. The molecule has 0 spiro atoms. The molecule has 2 aromatic rings. The van der Waals surface area contributed by atoms with Gasteiger partial charge in [-0.1, -0.05) is 0 Å². The van der Waals surface area contributed by atoms with Gasteiger partial charge < -0.3 is 15.4 Å². The fraction of sp³-hybridized carbons (Fsp3) is 0.286. The Kier molecular flexibility index (Phi) is 2.74. The number of ether oxygens (including phenoxy) is 1. The van der Waals surface area contributed by atoms with Crippen molar-refractivity contribution in [2.24, 2.45) is 0 Å². The van der Waals surface area contributed by atoms with Crippen LogP contribution in [0, 0.1) is 0 Å². The van der Waals surface area contributed by atoms with Crippen LogP contribution in [0.15, 0.2) is 30.5 Å². The molecule has 0 aliphatic carbocycles. The third-order valence-electron chi connectivity index (χ3n) is 3.41. The van der Waals surface area contributed by atoms with Gasteiger partial charge in [0.2, 0.25) is 0 Å². The topological polar surface area (TPSA) is 68.5 Å². The van der Waals surface area contributed by atoms with E-state index >= 15 is 0 Å². The van der Waals surface area contributed by atoms with Gasteiger partial charge in [-0.15, -0.1) is 0 Å². The largest absolute Gasteiger partial charge is 0.480 e. The predicted octanol–water partition coefficient (Wildman–Crippen LogP) is 1.43. The number of likely N-dealkylation sites (N-methyl/N-ethyl adjacent to an activating group) is 1. The van der Waals surface area contributed by atoms with Gasteiger partial charge in [-0.2, -0.15) is 0 Å². The van der Waals surface area contributed by atoms with Gasteiger partial charge in [0.25, 0.3) is 5.91 Å². The minimum Gasteiger partial charge on any atom is -0.480 e. The van der Waals surface area contributed by atoms with Crippen molar-refractivity contribution in [2.75, 3.05) is 19.3 Å². The lowest BCUT2D eigenvalue weighted by atomic mass is 10.1. The highest BCUT2D eigenvalue weighted by Crippen LogP contribution is 2.30. The van der Waals surface area contributed by atoms with Crippen molar-refractivity contribution in [3.63, 3.8) is 0 Å². The number of hydrogen-bond donors (Lipinski definition) is 1. The van der Waals surface area contributed by atoms with Crippen molar-refractivity contribution < 1.29 is 9.53 Å². The number of hydrogen-bond acceptors (Lipinski definition) is 4. The molecule has 1 aromatic carbocycles. The van der Waals surface area contributed by atoms with Gasteiger partial charge in [0, 0.05) is 31.6 Å². The minimum absolute atomic E-state index is 0.0221. The van der Waals surface area contributed by atoms with Crippen LogP contribution in [0.3, 0.4) is 0 Å². The van der Waals surface area contributed by atoms with E-state index in [2.05, 4.69) is 4.98 Å². The first-order valence-corrected chi connectivity index (χ1v) is 6.21. The third-order valence-corrected chi connectivity index (χ3v) is 3.41. The van der Waals surface area contributed by atoms with E-state index in [0.29, 0.717) is 23.4 Å². The Morgan fingerprint density at radius 2 is 2.26 bits per heavy atom. The number of nitrogens with two attached hydrogens (primary N) is 1. The molecule has 1 aliphatic rings. The standard InChI is InChI=1S/C14H15N3O2/c1-17-8-6-12(14(17)18)19-11-5-4-10(15)13-9(11)3-2-7-16-13/h2-5,7,12H,6,8,15H2,1H3. The molecule has 2 N–H and O–H groups in total. The number of pyridine rings is 1. The molecule has 1 aliphatic heterocycles. The zero-order valence-electron chi connectivity index (χ0n) is 10.7. The van der Waals surface area contributed by atoms with E-state index in [-0.39, 0.29) is 5.91 Å². The first-order chi connectivity index (χ1) is 9.16. The van der Waals surface area contributed by atoms with Gasteiger partial charge in [0.15, 0.2) is 6.10 Å². The fourth-order valence-electron chi connectivity index (χ4n) is 2.32. The van der Waals surface area contributed by atoms with Crippen molar-refractivity contribution in [1.29, 1.82) is 0 Å². The number of carbonyl (C=O) groups excluding carboxylic acids is 1. The van der Waals surface area contributed by atoms with Crippen molar-refractivity contribution in [3.05, 3.63) is 30.5 Å². The second-order valence-corrected chi connectivity index (χ2v) is 4.71. The number of amides is 1. The Labute approximate surface area is 111 Å². The molecule has 0 radical (unpaired) electrons. The first kappa shape index (κ1) is 11.8. The minimum atomic E-state index is -0.406. The number of anilines is 1. The molecule has 5 nitrogen and oxygen atoms in total. The van der Waals surface area contributed by atoms with Gasteiger partial charge in [-0.05, 0) is 24.3 Å². The number of fused-ring (bicyclic) bond motifs is 1. The van der Waals surface area contributed by atoms with Gasteiger partial charge in [-0.25, -0.2) is 0 Å². The summed E-state index contributed by atoms with van der Waals surface area (Å²) in [4.78, 5) is 17.8. The molecule has 1 aromatic heterocycles. The van der Waals surface area contributed by atoms with Crippen molar-refractivity contribution >= 4 is 22.5 Å². The van der Waals surface area contributed by atoms with Crippen LogP contribution in [-0.4, -0.2) is 35.5 Å². The van der Waals surface area contributed by atoms with E-state index in [9.17, 15) is 4.79 Å². The number of nitrogen functional groups attached to an aromatic ring is 1. The van der Waals surface area contributed by atoms with Crippen molar-refractivity contribution in [2.45, 2.75) is 12.5 Å². The summed E-state index contributed by atoms with van der Waals surface area (Å²) in [5, 5.41) is 0.838. The number of benzene rings is 1. The quantitative estimate of drug-likeness (QED) is 0.826. The second kappa shape index (κ2) is 4.42. The van der Waals surface area contributed by atoms with Crippen LogP contribution in [0.1, 0.15) is 6.42 Å². The van der Waals surface area contributed by atoms with Crippen molar-refractivity contribution in [1.82, 2.24) is 9.88 Å². The molecular formula is C14H15N3O2.